The van der Waals surface area contributed by atoms with Gasteiger partial charge in [-0.3, -0.25) is 0 Å². The molecule has 7 aromatic rings. The lowest BCUT2D eigenvalue weighted by atomic mass is 9.80. The van der Waals surface area contributed by atoms with Gasteiger partial charge in [-0.05, 0) is 65.1 Å². The van der Waals surface area contributed by atoms with Crippen LogP contribution in [0, 0.1) is 0 Å². The maximum atomic E-state index is 9.62. The highest BCUT2D eigenvalue weighted by Gasteiger charge is 2.16. The number of rotatable bonds is 3. The van der Waals surface area contributed by atoms with Gasteiger partial charge in [0.25, 0.3) is 0 Å². The first kappa shape index (κ1) is 23.0. The van der Waals surface area contributed by atoms with Crippen LogP contribution in [-0.2, 0) is 0 Å². The first-order valence-electron chi connectivity index (χ1n) is 11.7. The maximum Gasteiger partial charge on any atom is 0.488 e. The molecule has 0 atom stereocenters. The second-order valence-corrected chi connectivity index (χ2v) is 8.86. The minimum absolute atomic E-state index is 0.445. The van der Waals surface area contributed by atoms with Gasteiger partial charge < -0.3 is 19.0 Å². The zero-order valence-corrected chi connectivity index (χ0v) is 19.5. The smallest absolute Gasteiger partial charge is 0.456 e. The van der Waals surface area contributed by atoms with Crippen molar-refractivity contribution in [1.82, 2.24) is 4.57 Å². The predicted molar refractivity (Wildman–Crippen MR) is 146 cm³/mol. The minimum atomic E-state index is -1.52. The molecule has 7 rings (SSSR count). The van der Waals surface area contributed by atoms with Crippen LogP contribution in [0.15, 0.2) is 114 Å². The lowest BCUT2D eigenvalue weighted by Crippen LogP contribution is -2.29. The van der Waals surface area contributed by atoms with Crippen LogP contribution in [-0.4, -0.2) is 21.7 Å². The molecule has 180 valence electrons. The lowest BCUT2D eigenvalue weighted by Gasteiger charge is -2.08. The number of benzene rings is 5. The SMILES string of the molecule is FF.OB(O)c1ccc2oc3ccc(-c4ccc5c(c4)c4ccccc4n5-c4ccccc4)cc3c2c1. The molecule has 0 fully saturated rings. The number of hydrogen-bond donors (Lipinski definition) is 2. The summed E-state index contributed by atoms with van der Waals surface area (Å²) in [7, 11) is -1.52. The zero-order valence-electron chi connectivity index (χ0n) is 19.5. The quantitative estimate of drug-likeness (QED) is 0.265. The van der Waals surface area contributed by atoms with Crippen molar-refractivity contribution >= 4 is 56.3 Å². The summed E-state index contributed by atoms with van der Waals surface area (Å²) in [5, 5.41) is 23.5. The van der Waals surface area contributed by atoms with E-state index in [1.54, 1.807) is 18.2 Å². The molecule has 5 aromatic carbocycles. The van der Waals surface area contributed by atoms with Crippen LogP contribution in [0.1, 0.15) is 0 Å². The van der Waals surface area contributed by atoms with Crippen LogP contribution in [0.3, 0.4) is 0 Å². The standard InChI is InChI=1S/C30H20BNO3.F2/c33-31(34)21-12-15-30-26(18-21)25-17-20(11-14-29(25)35-30)19-10-13-28-24(16-19)23-8-4-5-9-27(23)32(28)22-6-2-1-3-7-22;1-2/h1-18,33-34H;. The predicted octanol–water partition coefficient (Wildman–Crippen LogP) is 6.87. The van der Waals surface area contributed by atoms with E-state index >= 15 is 0 Å². The van der Waals surface area contributed by atoms with Gasteiger partial charge in [-0.25, -0.2) is 0 Å². The van der Waals surface area contributed by atoms with Crippen molar-refractivity contribution in [1.29, 1.82) is 0 Å². The summed E-state index contributed by atoms with van der Waals surface area (Å²) >= 11 is 0. The molecule has 37 heavy (non-hydrogen) atoms. The van der Waals surface area contributed by atoms with Gasteiger partial charge in [-0.2, -0.15) is 0 Å². The van der Waals surface area contributed by atoms with Crippen molar-refractivity contribution in [2.45, 2.75) is 0 Å². The average molecular weight is 491 g/mol. The van der Waals surface area contributed by atoms with E-state index in [9.17, 15) is 10.0 Å². The fourth-order valence-electron chi connectivity index (χ4n) is 5.14. The molecular weight excluding hydrogens is 471 g/mol. The Kier molecular flexibility index (Phi) is 5.72. The van der Waals surface area contributed by atoms with Gasteiger partial charge in [0, 0.05) is 36.4 Å². The average Bonchev–Trinajstić information content (AvgIpc) is 3.49. The molecule has 7 heteroatoms. The zero-order chi connectivity index (χ0) is 25.5. The third kappa shape index (κ3) is 3.76. The fourth-order valence-corrected chi connectivity index (χ4v) is 5.14. The topological polar surface area (TPSA) is 58.5 Å². The van der Waals surface area contributed by atoms with Crippen molar-refractivity contribution in [2.75, 3.05) is 0 Å². The van der Waals surface area contributed by atoms with Crippen LogP contribution in [0.4, 0.5) is 9.15 Å². The van der Waals surface area contributed by atoms with E-state index in [4.69, 9.17) is 13.6 Å². The van der Waals surface area contributed by atoms with Crippen molar-refractivity contribution in [2.24, 2.45) is 0 Å². The Hall–Kier alpha value is -4.46. The first-order valence-corrected chi connectivity index (χ1v) is 11.7. The maximum absolute atomic E-state index is 9.62. The van der Waals surface area contributed by atoms with Gasteiger partial charge >= 0.3 is 7.12 Å². The summed E-state index contributed by atoms with van der Waals surface area (Å²) in [5.74, 6) is 0. The third-order valence-electron chi connectivity index (χ3n) is 6.81. The molecule has 0 bridgehead atoms. The highest BCUT2D eigenvalue weighted by Crippen LogP contribution is 2.36. The Morgan fingerprint density at radius 1 is 0.568 bits per heavy atom. The monoisotopic (exact) mass is 491 g/mol. The van der Waals surface area contributed by atoms with E-state index in [0.29, 0.717) is 5.46 Å². The van der Waals surface area contributed by atoms with Gasteiger partial charge in [0.2, 0.25) is 0 Å². The van der Waals surface area contributed by atoms with E-state index in [1.807, 2.05) is 12.1 Å². The van der Waals surface area contributed by atoms with Gasteiger partial charge in [-0.15, -0.1) is 0 Å². The number of fused-ring (bicyclic) bond motifs is 6. The summed E-state index contributed by atoms with van der Waals surface area (Å²) in [6.45, 7) is 0. The summed E-state index contributed by atoms with van der Waals surface area (Å²) in [6, 6.07) is 37.0. The van der Waals surface area contributed by atoms with Crippen LogP contribution >= 0.6 is 0 Å². The van der Waals surface area contributed by atoms with Crippen molar-refractivity contribution in [3.63, 3.8) is 0 Å². The Morgan fingerprint density at radius 3 is 1.92 bits per heavy atom. The highest BCUT2D eigenvalue weighted by molar-refractivity contribution is 6.59. The fraction of sp³-hybridized carbons (Fsp3) is 0. The second kappa shape index (κ2) is 9.20. The van der Waals surface area contributed by atoms with Crippen LogP contribution in [0.25, 0.3) is 60.6 Å². The van der Waals surface area contributed by atoms with Crippen LogP contribution in [0.5, 0.6) is 0 Å². The third-order valence-corrected chi connectivity index (χ3v) is 6.81. The summed E-state index contributed by atoms with van der Waals surface area (Å²) in [5.41, 5.74) is 7.62. The minimum Gasteiger partial charge on any atom is -0.456 e. The molecule has 0 saturated carbocycles. The number of hydrogen-bond acceptors (Lipinski definition) is 3. The normalized spacial score (nSPS) is 11.2. The molecule has 0 saturated heterocycles. The Bertz CT molecular complexity index is 1890. The van der Waals surface area contributed by atoms with Gasteiger partial charge in [0.1, 0.15) is 11.2 Å². The van der Waals surface area contributed by atoms with Crippen molar-refractivity contribution < 1.29 is 23.6 Å². The summed E-state index contributed by atoms with van der Waals surface area (Å²) in [6.07, 6.45) is 0. The van der Waals surface area contributed by atoms with E-state index in [2.05, 4.69) is 83.4 Å². The van der Waals surface area contributed by atoms with Crippen LogP contribution < -0.4 is 5.46 Å². The number of nitrogens with zero attached hydrogens (tertiary/aromatic N) is 1. The molecule has 2 N–H and O–H groups in total. The Balaban J connectivity index is 0.00000123. The molecule has 2 heterocycles. The molecular formula is C30H20BF2NO3. The van der Waals surface area contributed by atoms with Crippen molar-refractivity contribution in [3.8, 4) is 16.8 Å². The molecule has 2 aromatic heterocycles. The molecule has 4 nitrogen and oxygen atoms in total. The molecule has 0 aliphatic rings. The molecule has 0 radical (unpaired) electrons. The number of furan rings is 1. The molecule has 0 aliphatic carbocycles. The first-order chi connectivity index (χ1) is 18.2. The Labute approximate surface area is 210 Å². The number of halogens is 2. The van der Waals surface area contributed by atoms with Gasteiger partial charge in [-0.1, -0.05) is 60.7 Å². The van der Waals surface area contributed by atoms with E-state index in [0.717, 1.165) is 44.3 Å². The number of aromatic nitrogens is 1. The molecule has 0 aliphatic heterocycles. The molecule has 0 amide bonds. The van der Waals surface area contributed by atoms with Crippen molar-refractivity contribution in [3.05, 3.63) is 109 Å². The second-order valence-electron chi connectivity index (χ2n) is 8.86. The number of para-hydroxylation sites is 2. The van der Waals surface area contributed by atoms with E-state index < -0.39 is 7.12 Å². The lowest BCUT2D eigenvalue weighted by molar-refractivity contribution is 0.108. The highest BCUT2D eigenvalue weighted by atomic mass is 20.0. The van der Waals surface area contributed by atoms with Gasteiger partial charge in [0.15, 0.2) is 0 Å². The molecule has 0 unspecified atom stereocenters. The summed E-state index contributed by atoms with van der Waals surface area (Å²) in [4.78, 5) is 0. The van der Waals surface area contributed by atoms with Crippen LogP contribution in [0.2, 0.25) is 0 Å². The van der Waals surface area contributed by atoms with Gasteiger partial charge in [0.05, 0.1) is 11.0 Å². The summed E-state index contributed by atoms with van der Waals surface area (Å²) < 4.78 is 24.3. The van der Waals surface area contributed by atoms with E-state index in [-0.39, 0.29) is 0 Å². The molecule has 0 spiro atoms. The Morgan fingerprint density at radius 2 is 1.16 bits per heavy atom. The van der Waals surface area contributed by atoms with E-state index in [1.165, 1.54) is 16.3 Å². The largest absolute Gasteiger partial charge is 0.488 e.